The molecule has 0 saturated heterocycles. The first-order valence-electron chi connectivity index (χ1n) is 9.26. The summed E-state index contributed by atoms with van der Waals surface area (Å²) in [6.45, 7) is 9.26. The summed E-state index contributed by atoms with van der Waals surface area (Å²) >= 11 is 0. The van der Waals surface area contributed by atoms with Crippen LogP contribution in [0.25, 0.3) is 0 Å². The molecule has 0 atom stereocenters. The summed E-state index contributed by atoms with van der Waals surface area (Å²) in [6.07, 6.45) is 1.30. The molecule has 4 nitrogen and oxygen atoms in total. The highest BCUT2D eigenvalue weighted by Crippen LogP contribution is 2.29. The minimum atomic E-state index is 0. The van der Waals surface area contributed by atoms with Crippen molar-refractivity contribution < 1.29 is 14.2 Å². The Kier molecular flexibility index (Phi) is 10.9. The lowest BCUT2D eigenvalue weighted by atomic mass is 10.1. The second-order valence-corrected chi connectivity index (χ2v) is 6.71. The fourth-order valence-corrected chi connectivity index (χ4v) is 2.65. The average molecular weight is 394 g/mol. The van der Waals surface area contributed by atoms with E-state index in [2.05, 4.69) is 50.4 Å². The number of hydrogen-bond donors (Lipinski definition) is 1. The lowest BCUT2D eigenvalue weighted by Gasteiger charge is -2.13. The molecule has 0 heterocycles. The van der Waals surface area contributed by atoms with Gasteiger partial charge in [-0.15, -0.1) is 12.4 Å². The van der Waals surface area contributed by atoms with Crippen LogP contribution in [0.15, 0.2) is 42.5 Å². The Morgan fingerprint density at radius 3 is 2.52 bits per heavy atom. The topological polar surface area (TPSA) is 39.7 Å². The van der Waals surface area contributed by atoms with Crippen LogP contribution in [-0.2, 0) is 17.9 Å². The summed E-state index contributed by atoms with van der Waals surface area (Å²) < 4.78 is 17.0. The molecule has 27 heavy (non-hydrogen) atoms. The number of nitrogens with one attached hydrogen (secondary N) is 1. The Morgan fingerprint density at radius 1 is 1.00 bits per heavy atom. The van der Waals surface area contributed by atoms with Gasteiger partial charge in [-0.05, 0) is 57.0 Å². The van der Waals surface area contributed by atoms with Crippen molar-refractivity contribution in [3.05, 3.63) is 59.2 Å². The SMILES string of the molecule is COc1cc(CNCCCOC(C)C)ccc1OCc1cccc(C)c1.Cl. The van der Waals surface area contributed by atoms with Crippen LogP contribution in [-0.4, -0.2) is 26.4 Å². The number of halogens is 1. The van der Waals surface area contributed by atoms with Crippen molar-refractivity contribution in [2.45, 2.75) is 46.4 Å². The monoisotopic (exact) mass is 393 g/mol. The quantitative estimate of drug-likeness (QED) is 0.550. The highest BCUT2D eigenvalue weighted by Gasteiger charge is 2.06. The fourth-order valence-electron chi connectivity index (χ4n) is 2.65. The molecule has 0 aliphatic rings. The summed E-state index contributed by atoms with van der Waals surface area (Å²) in [5.41, 5.74) is 3.56. The second kappa shape index (κ2) is 12.6. The highest BCUT2D eigenvalue weighted by molar-refractivity contribution is 5.85. The fraction of sp³-hybridized carbons (Fsp3) is 0.455. The lowest BCUT2D eigenvalue weighted by molar-refractivity contribution is 0.0770. The first-order valence-corrected chi connectivity index (χ1v) is 9.26. The normalized spacial score (nSPS) is 10.6. The third-order valence-electron chi connectivity index (χ3n) is 3.98. The van der Waals surface area contributed by atoms with Crippen molar-refractivity contribution in [3.8, 4) is 11.5 Å². The van der Waals surface area contributed by atoms with E-state index in [1.807, 2.05) is 18.2 Å². The van der Waals surface area contributed by atoms with E-state index in [1.165, 1.54) is 11.1 Å². The lowest BCUT2D eigenvalue weighted by Crippen LogP contribution is -2.17. The van der Waals surface area contributed by atoms with Gasteiger partial charge in [0, 0.05) is 13.2 Å². The van der Waals surface area contributed by atoms with Crippen molar-refractivity contribution in [1.29, 1.82) is 0 Å². The van der Waals surface area contributed by atoms with Gasteiger partial charge in [-0.2, -0.15) is 0 Å². The molecule has 0 aliphatic carbocycles. The third-order valence-corrected chi connectivity index (χ3v) is 3.98. The molecule has 0 fully saturated rings. The van der Waals surface area contributed by atoms with E-state index in [4.69, 9.17) is 14.2 Å². The number of ether oxygens (including phenoxy) is 3. The summed E-state index contributed by atoms with van der Waals surface area (Å²) in [4.78, 5) is 0. The Morgan fingerprint density at radius 2 is 1.81 bits per heavy atom. The zero-order chi connectivity index (χ0) is 18.8. The number of hydrogen-bond acceptors (Lipinski definition) is 4. The van der Waals surface area contributed by atoms with E-state index in [0.29, 0.717) is 12.7 Å². The minimum Gasteiger partial charge on any atom is -0.493 e. The van der Waals surface area contributed by atoms with Gasteiger partial charge in [0.1, 0.15) is 6.61 Å². The zero-order valence-corrected chi connectivity index (χ0v) is 17.6. The molecule has 0 spiro atoms. The van der Waals surface area contributed by atoms with Crippen LogP contribution in [0.4, 0.5) is 0 Å². The first-order chi connectivity index (χ1) is 12.6. The van der Waals surface area contributed by atoms with Gasteiger partial charge in [-0.3, -0.25) is 0 Å². The van der Waals surface area contributed by atoms with Gasteiger partial charge in [0.2, 0.25) is 0 Å². The van der Waals surface area contributed by atoms with Gasteiger partial charge in [0.15, 0.2) is 11.5 Å². The van der Waals surface area contributed by atoms with Crippen molar-refractivity contribution >= 4 is 12.4 Å². The Balaban J connectivity index is 0.00000364. The maximum Gasteiger partial charge on any atom is 0.161 e. The summed E-state index contributed by atoms with van der Waals surface area (Å²) in [7, 11) is 1.68. The van der Waals surface area contributed by atoms with E-state index in [-0.39, 0.29) is 12.4 Å². The molecule has 0 radical (unpaired) electrons. The number of rotatable bonds is 11. The smallest absolute Gasteiger partial charge is 0.161 e. The number of methoxy groups -OCH3 is 1. The van der Waals surface area contributed by atoms with Gasteiger partial charge in [-0.25, -0.2) is 0 Å². The predicted octanol–water partition coefficient (Wildman–Crippen LogP) is 4.91. The molecule has 150 valence electrons. The van der Waals surface area contributed by atoms with E-state index >= 15 is 0 Å². The van der Waals surface area contributed by atoms with Gasteiger partial charge < -0.3 is 19.5 Å². The Hall–Kier alpha value is -1.75. The highest BCUT2D eigenvalue weighted by atomic mass is 35.5. The average Bonchev–Trinajstić information content (AvgIpc) is 2.63. The van der Waals surface area contributed by atoms with Crippen LogP contribution in [0, 0.1) is 6.92 Å². The molecule has 0 aliphatic heterocycles. The van der Waals surface area contributed by atoms with E-state index < -0.39 is 0 Å². The van der Waals surface area contributed by atoms with Crippen LogP contribution >= 0.6 is 12.4 Å². The van der Waals surface area contributed by atoms with E-state index in [0.717, 1.165) is 43.2 Å². The number of benzene rings is 2. The van der Waals surface area contributed by atoms with E-state index in [9.17, 15) is 0 Å². The molecule has 0 bridgehead atoms. The van der Waals surface area contributed by atoms with Gasteiger partial charge >= 0.3 is 0 Å². The van der Waals surface area contributed by atoms with E-state index in [1.54, 1.807) is 7.11 Å². The van der Waals surface area contributed by atoms with Crippen LogP contribution in [0.5, 0.6) is 11.5 Å². The molecule has 0 saturated carbocycles. The van der Waals surface area contributed by atoms with Crippen LogP contribution in [0.3, 0.4) is 0 Å². The zero-order valence-electron chi connectivity index (χ0n) is 16.8. The van der Waals surface area contributed by atoms with Gasteiger partial charge in [0.05, 0.1) is 13.2 Å². The molecule has 0 aromatic heterocycles. The third kappa shape index (κ3) is 8.65. The molecule has 2 aromatic carbocycles. The standard InChI is InChI=1S/C22H31NO3.ClH/c1-17(2)25-12-6-11-23-15-19-9-10-21(22(14-19)24-4)26-16-20-8-5-7-18(3)13-20;/h5,7-10,13-14,17,23H,6,11-12,15-16H2,1-4H3;1H. The summed E-state index contributed by atoms with van der Waals surface area (Å²) in [6, 6.07) is 14.4. The van der Waals surface area contributed by atoms with Crippen LogP contribution in [0.1, 0.15) is 37.0 Å². The molecule has 2 rings (SSSR count). The summed E-state index contributed by atoms with van der Waals surface area (Å²) in [5.74, 6) is 1.53. The van der Waals surface area contributed by atoms with Crippen LogP contribution < -0.4 is 14.8 Å². The van der Waals surface area contributed by atoms with Crippen molar-refractivity contribution in [3.63, 3.8) is 0 Å². The molecule has 0 amide bonds. The molecule has 5 heteroatoms. The van der Waals surface area contributed by atoms with Crippen molar-refractivity contribution in [1.82, 2.24) is 5.32 Å². The van der Waals surface area contributed by atoms with Crippen LogP contribution in [0.2, 0.25) is 0 Å². The Bertz CT molecular complexity index is 676. The second-order valence-electron chi connectivity index (χ2n) is 6.71. The molecular formula is C22H32ClNO3. The minimum absolute atomic E-state index is 0. The predicted molar refractivity (Wildman–Crippen MR) is 113 cm³/mol. The first kappa shape index (κ1) is 23.3. The maximum absolute atomic E-state index is 5.94. The maximum atomic E-state index is 5.94. The number of aryl methyl sites for hydroxylation is 1. The van der Waals surface area contributed by atoms with Gasteiger partial charge in [-0.1, -0.05) is 35.9 Å². The van der Waals surface area contributed by atoms with Crippen molar-refractivity contribution in [2.75, 3.05) is 20.3 Å². The summed E-state index contributed by atoms with van der Waals surface area (Å²) in [5, 5.41) is 3.43. The van der Waals surface area contributed by atoms with Crippen molar-refractivity contribution in [2.24, 2.45) is 0 Å². The molecule has 2 aromatic rings. The molecular weight excluding hydrogens is 362 g/mol. The van der Waals surface area contributed by atoms with Gasteiger partial charge in [0.25, 0.3) is 0 Å². The molecule has 0 unspecified atom stereocenters. The molecule has 1 N–H and O–H groups in total. The largest absolute Gasteiger partial charge is 0.493 e. The Labute approximate surface area is 169 Å².